The van der Waals surface area contributed by atoms with Gasteiger partial charge >= 0.3 is 11.9 Å². The summed E-state index contributed by atoms with van der Waals surface area (Å²) in [7, 11) is 0. The van der Waals surface area contributed by atoms with Gasteiger partial charge in [0.15, 0.2) is 0 Å². The molecule has 0 fully saturated rings. The zero-order valence-corrected chi connectivity index (χ0v) is 18.1. The van der Waals surface area contributed by atoms with Gasteiger partial charge in [-0.15, -0.1) is 0 Å². The molecular formula is C19H28N4O8S. The summed E-state index contributed by atoms with van der Waals surface area (Å²) in [6.07, 6.45) is 1.36. The van der Waals surface area contributed by atoms with Crippen LogP contribution in [0.15, 0.2) is 18.3 Å². The number of carboxylic acids is 2. The Bertz CT molecular complexity index is 847. The largest absolute Gasteiger partial charge is 0.480 e. The van der Waals surface area contributed by atoms with Gasteiger partial charge in [-0.1, -0.05) is 0 Å². The van der Waals surface area contributed by atoms with E-state index >= 15 is 0 Å². The second kappa shape index (κ2) is 11.3. The number of carbonyl (C=O) groups is 4. The Morgan fingerprint density at radius 2 is 1.94 bits per heavy atom. The number of carboxylic acid groups (broad SMARTS) is 2. The van der Waals surface area contributed by atoms with Gasteiger partial charge in [0.25, 0.3) is 0 Å². The first kappa shape index (κ1) is 25.6. The van der Waals surface area contributed by atoms with Gasteiger partial charge in [0, 0.05) is 43.1 Å². The molecule has 0 bridgehead atoms. The molecule has 0 radical (unpaired) electrons. The number of hydrogen-bond acceptors (Lipinski definition) is 8. The third kappa shape index (κ3) is 5.79. The number of aliphatic hydroxyl groups excluding tert-OH is 2. The molecule has 13 heteroatoms. The minimum Gasteiger partial charge on any atom is -0.480 e. The van der Waals surface area contributed by atoms with Crippen LogP contribution in [0.1, 0.15) is 18.5 Å². The summed E-state index contributed by atoms with van der Waals surface area (Å²) in [6, 6.07) is 1.18. The smallest absolute Gasteiger partial charge is 0.322 e. The van der Waals surface area contributed by atoms with Gasteiger partial charge in [-0.2, -0.15) is 12.6 Å². The number of nitrogens with zero attached hydrogens (tertiary/aromatic N) is 1. The first-order valence-corrected chi connectivity index (χ1v) is 10.6. The van der Waals surface area contributed by atoms with Crippen molar-refractivity contribution < 1.29 is 39.6 Å². The molecule has 2 rings (SSSR count). The zero-order chi connectivity index (χ0) is 23.9. The number of rotatable bonds is 13. The van der Waals surface area contributed by atoms with Crippen molar-refractivity contribution in [3.05, 3.63) is 24.0 Å². The van der Waals surface area contributed by atoms with Crippen molar-refractivity contribution >= 4 is 36.4 Å². The second-order valence-electron chi connectivity index (χ2n) is 7.54. The maximum Gasteiger partial charge on any atom is 0.322 e. The molecule has 0 saturated heterocycles. The monoisotopic (exact) mass is 472 g/mol. The van der Waals surface area contributed by atoms with E-state index in [1.54, 1.807) is 18.3 Å². The normalized spacial score (nSPS) is 21.4. The number of thiol groups is 1. The molecule has 7 N–H and O–H groups in total. The summed E-state index contributed by atoms with van der Waals surface area (Å²) in [5.74, 6) is -4.37. The van der Waals surface area contributed by atoms with Crippen LogP contribution < -0.4 is 16.0 Å². The van der Waals surface area contributed by atoms with E-state index in [0.29, 0.717) is 12.2 Å². The van der Waals surface area contributed by atoms with Crippen molar-refractivity contribution in [1.82, 2.24) is 20.5 Å². The van der Waals surface area contributed by atoms with Crippen LogP contribution in [0.3, 0.4) is 0 Å². The van der Waals surface area contributed by atoms with Crippen LogP contribution in [0, 0.1) is 5.92 Å². The molecule has 0 aromatic carbocycles. The molecule has 0 spiro atoms. The molecule has 0 saturated carbocycles. The Morgan fingerprint density at radius 3 is 2.50 bits per heavy atom. The Balaban J connectivity index is 2.03. The van der Waals surface area contributed by atoms with Crippen molar-refractivity contribution in [2.24, 2.45) is 5.92 Å². The number of aromatic nitrogens is 1. The van der Waals surface area contributed by atoms with Gasteiger partial charge in [0.2, 0.25) is 11.8 Å². The first-order valence-electron chi connectivity index (χ1n) is 9.96. The van der Waals surface area contributed by atoms with Gasteiger partial charge in [-0.25, -0.2) is 0 Å². The Hall–Kier alpha value is -2.61. The summed E-state index contributed by atoms with van der Waals surface area (Å²) < 4.78 is 1.82. The number of hydrogen-bond donors (Lipinski definition) is 8. The summed E-state index contributed by atoms with van der Waals surface area (Å²) in [4.78, 5) is 46.6. The van der Waals surface area contributed by atoms with E-state index in [1.807, 2.05) is 4.57 Å². The Morgan fingerprint density at radius 1 is 1.22 bits per heavy atom. The van der Waals surface area contributed by atoms with Crippen LogP contribution in [-0.2, 0) is 31.3 Å². The highest BCUT2D eigenvalue weighted by molar-refractivity contribution is 7.80. The van der Waals surface area contributed by atoms with Crippen LogP contribution in [0.25, 0.3) is 0 Å². The first-order chi connectivity index (χ1) is 15.2. The van der Waals surface area contributed by atoms with Crippen molar-refractivity contribution in [1.29, 1.82) is 0 Å². The lowest BCUT2D eigenvalue weighted by atomic mass is 9.83. The highest BCUT2D eigenvalue weighted by atomic mass is 32.1. The maximum atomic E-state index is 12.3. The number of fused-ring (bicyclic) bond motifs is 1. The zero-order valence-electron chi connectivity index (χ0n) is 17.2. The molecule has 178 valence electrons. The maximum absolute atomic E-state index is 12.3. The van der Waals surface area contributed by atoms with Gasteiger partial charge in [0.05, 0.1) is 12.1 Å². The number of aliphatic carboxylic acids is 2. The lowest BCUT2D eigenvalue weighted by Crippen LogP contribution is -2.57. The minimum absolute atomic E-state index is 0.0827. The highest BCUT2D eigenvalue weighted by Gasteiger charge is 2.48. The molecule has 2 heterocycles. The third-order valence-electron chi connectivity index (χ3n) is 5.51. The predicted molar refractivity (Wildman–Crippen MR) is 114 cm³/mol. The van der Waals surface area contributed by atoms with Crippen LogP contribution in [0.2, 0.25) is 0 Å². The van der Waals surface area contributed by atoms with E-state index in [2.05, 4.69) is 28.6 Å². The highest BCUT2D eigenvalue weighted by Crippen LogP contribution is 2.38. The molecule has 1 aromatic heterocycles. The van der Waals surface area contributed by atoms with Crippen LogP contribution in [0.4, 0.5) is 0 Å². The van der Waals surface area contributed by atoms with E-state index in [0.717, 1.165) is 0 Å². The molecule has 1 aromatic rings. The Kier molecular flexibility index (Phi) is 9.07. The van der Waals surface area contributed by atoms with Crippen LogP contribution >= 0.6 is 12.6 Å². The fourth-order valence-electron chi connectivity index (χ4n) is 3.83. The lowest BCUT2D eigenvalue weighted by Gasteiger charge is -2.36. The van der Waals surface area contributed by atoms with Gasteiger partial charge in [-0.05, 0) is 18.6 Å². The van der Waals surface area contributed by atoms with Crippen LogP contribution in [-0.4, -0.2) is 86.3 Å². The van der Waals surface area contributed by atoms with Crippen LogP contribution in [0.5, 0.6) is 0 Å². The van der Waals surface area contributed by atoms with Gasteiger partial charge < -0.3 is 35.6 Å². The number of carbonyl (C=O) groups excluding carboxylic acids is 2. The fourth-order valence-corrected chi connectivity index (χ4v) is 4.09. The lowest BCUT2D eigenvalue weighted by molar-refractivity contribution is -0.141. The van der Waals surface area contributed by atoms with Crippen molar-refractivity contribution in [2.45, 2.75) is 37.0 Å². The van der Waals surface area contributed by atoms with E-state index in [9.17, 15) is 34.5 Å². The van der Waals surface area contributed by atoms with Crippen molar-refractivity contribution in [3.63, 3.8) is 0 Å². The van der Waals surface area contributed by atoms with E-state index in [-0.39, 0.29) is 25.2 Å². The van der Waals surface area contributed by atoms with Gasteiger partial charge in [-0.3, -0.25) is 24.5 Å². The predicted octanol–water partition coefficient (Wildman–Crippen LogP) is -2.26. The molecule has 2 unspecified atom stereocenters. The molecule has 1 aliphatic heterocycles. The third-order valence-corrected chi connectivity index (χ3v) is 5.87. The quantitative estimate of drug-likeness (QED) is 0.146. The molecule has 12 nitrogen and oxygen atoms in total. The van der Waals surface area contributed by atoms with E-state index < -0.39 is 60.4 Å². The SMILES string of the molecule is O=C(O)CNC(=O)[C@H](CS)NC(=O)CC[C@H](NC1(CO)c2cccn2CC1CO)C(=O)O. The molecule has 2 amide bonds. The molecule has 32 heavy (non-hydrogen) atoms. The van der Waals surface area contributed by atoms with Crippen molar-refractivity contribution in [2.75, 3.05) is 25.5 Å². The fraction of sp³-hybridized carbons (Fsp3) is 0.579. The van der Waals surface area contributed by atoms with Gasteiger partial charge in [0.1, 0.15) is 18.6 Å². The topological polar surface area (TPSA) is 190 Å². The summed E-state index contributed by atoms with van der Waals surface area (Å²) in [5.41, 5.74) is -0.553. The Labute approximate surface area is 189 Å². The summed E-state index contributed by atoms with van der Waals surface area (Å²) >= 11 is 3.97. The van der Waals surface area contributed by atoms with Crippen molar-refractivity contribution in [3.8, 4) is 0 Å². The molecule has 0 aliphatic carbocycles. The molecular weight excluding hydrogens is 444 g/mol. The number of aliphatic hydroxyl groups is 2. The summed E-state index contributed by atoms with van der Waals surface area (Å²) in [5, 5.41) is 45.7. The number of nitrogens with one attached hydrogen (secondary N) is 3. The van der Waals surface area contributed by atoms with E-state index in [4.69, 9.17) is 5.11 Å². The minimum atomic E-state index is -1.24. The average Bonchev–Trinajstić information content (AvgIpc) is 3.33. The molecule has 1 aliphatic rings. The van der Waals surface area contributed by atoms with E-state index in [1.165, 1.54) is 0 Å². The number of amides is 2. The average molecular weight is 473 g/mol. The summed E-state index contributed by atoms with van der Waals surface area (Å²) in [6.45, 7) is -0.948. The molecule has 4 atom stereocenters. The standard InChI is InChI=1S/C19H28N4O8S/c24-8-11-7-23-5-1-2-14(23)19(11,10-25)22-12(18(30)31)3-4-15(26)21-13(9-32)17(29)20-6-16(27)28/h1-2,5,11-13,22,24-25,32H,3-4,6-10H2,(H,20,29)(H,21,26)(H,27,28)(H,30,31)/t11?,12-,13-,19?/m0/s1. The second-order valence-corrected chi connectivity index (χ2v) is 7.91.